The average molecular weight is 397 g/mol. The maximum Gasteiger partial charge on any atom is 0.265 e. The molecule has 0 unspecified atom stereocenters. The van der Waals surface area contributed by atoms with Crippen molar-refractivity contribution < 1.29 is 13.6 Å². The summed E-state index contributed by atoms with van der Waals surface area (Å²) in [6.07, 6.45) is 0. The molecule has 0 bridgehead atoms. The molecule has 1 amide bonds. The fourth-order valence-corrected chi connectivity index (χ4v) is 3.21. The first-order valence-electron chi connectivity index (χ1n) is 4.68. The van der Waals surface area contributed by atoms with Gasteiger partial charge in [-0.1, -0.05) is 0 Å². The van der Waals surface area contributed by atoms with E-state index in [1.165, 1.54) is 11.3 Å². The van der Waals surface area contributed by atoms with Gasteiger partial charge < -0.3 is 5.32 Å². The van der Waals surface area contributed by atoms with E-state index in [9.17, 15) is 13.6 Å². The molecule has 1 aromatic heterocycles. The summed E-state index contributed by atoms with van der Waals surface area (Å²) in [7, 11) is 0. The quantitative estimate of drug-likeness (QED) is 0.775. The zero-order valence-corrected chi connectivity index (χ0v) is 12.6. The first-order chi connectivity index (χ1) is 8.45. The lowest BCUT2D eigenvalue weighted by Gasteiger charge is -2.03. The van der Waals surface area contributed by atoms with Gasteiger partial charge in [0.2, 0.25) is 0 Å². The lowest BCUT2D eigenvalue weighted by Crippen LogP contribution is -2.10. The van der Waals surface area contributed by atoms with Crippen LogP contribution >= 0.6 is 43.2 Å². The van der Waals surface area contributed by atoms with Crippen molar-refractivity contribution in [1.29, 1.82) is 0 Å². The summed E-state index contributed by atoms with van der Waals surface area (Å²) < 4.78 is 27.4. The van der Waals surface area contributed by atoms with Crippen molar-refractivity contribution in [1.82, 2.24) is 0 Å². The Morgan fingerprint density at radius 2 is 1.72 bits per heavy atom. The number of nitrogens with one attached hydrogen (secondary N) is 1. The average Bonchev–Trinajstić information content (AvgIpc) is 2.57. The lowest BCUT2D eigenvalue weighted by molar-refractivity contribution is 0.103. The number of thiophene rings is 1. The summed E-state index contributed by atoms with van der Waals surface area (Å²) in [6.45, 7) is 0. The Kier molecular flexibility index (Phi) is 4.14. The predicted molar refractivity (Wildman–Crippen MR) is 74.0 cm³/mol. The standard InChI is InChI=1S/C11H5Br2F2NOS/c12-8-4-9(18-10(8)13)11(17)16-7-2-5(14)1-6(15)3-7/h1-4H,(H,16,17). The summed E-state index contributed by atoms with van der Waals surface area (Å²) in [4.78, 5) is 12.2. The van der Waals surface area contributed by atoms with Gasteiger partial charge in [-0.3, -0.25) is 4.79 Å². The van der Waals surface area contributed by atoms with Gasteiger partial charge in [-0.15, -0.1) is 11.3 Å². The molecule has 94 valence electrons. The van der Waals surface area contributed by atoms with E-state index in [0.29, 0.717) is 4.88 Å². The summed E-state index contributed by atoms with van der Waals surface area (Å²) >= 11 is 7.74. The second kappa shape index (κ2) is 5.46. The maximum atomic E-state index is 12.9. The number of carbonyl (C=O) groups excluding carboxylic acids is 1. The monoisotopic (exact) mass is 395 g/mol. The highest BCUT2D eigenvalue weighted by Gasteiger charge is 2.13. The van der Waals surface area contributed by atoms with Crippen molar-refractivity contribution in [3.8, 4) is 0 Å². The highest BCUT2D eigenvalue weighted by atomic mass is 79.9. The van der Waals surface area contributed by atoms with Crippen LogP contribution in [0.15, 0.2) is 32.5 Å². The third-order valence-electron chi connectivity index (χ3n) is 1.99. The zero-order valence-electron chi connectivity index (χ0n) is 8.64. The van der Waals surface area contributed by atoms with Crippen LogP contribution in [0.25, 0.3) is 0 Å². The Morgan fingerprint density at radius 1 is 1.11 bits per heavy atom. The summed E-state index contributed by atoms with van der Waals surface area (Å²) in [5, 5.41) is 2.43. The Labute approximate surface area is 122 Å². The second-order valence-corrected chi connectivity index (χ2v) is 6.57. The molecule has 0 saturated carbocycles. The van der Waals surface area contributed by atoms with Gasteiger partial charge in [-0.25, -0.2) is 8.78 Å². The Bertz CT molecular complexity index is 575. The lowest BCUT2D eigenvalue weighted by atomic mass is 10.3. The third-order valence-corrected chi connectivity index (χ3v) is 5.24. The van der Waals surface area contributed by atoms with Crippen LogP contribution in [0.4, 0.5) is 14.5 Å². The van der Waals surface area contributed by atoms with Gasteiger partial charge in [0.15, 0.2) is 0 Å². The molecule has 0 atom stereocenters. The van der Waals surface area contributed by atoms with E-state index in [0.717, 1.165) is 26.5 Å². The van der Waals surface area contributed by atoms with Crippen molar-refractivity contribution in [2.75, 3.05) is 5.32 Å². The maximum absolute atomic E-state index is 12.9. The van der Waals surface area contributed by atoms with Gasteiger partial charge in [0, 0.05) is 16.2 Å². The van der Waals surface area contributed by atoms with Crippen molar-refractivity contribution in [2.24, 2.45) is 0 Å². The summed E-state index contributed by atoms with van der Waals surface area (Å²) in [6, 6.07) is 4.48. The third kappa shape index (κ3) is 3.15. The number of carbonyl (C=O) groups is 1. The molecule has 0 aliphatic heterocycles. The normalized spacial score (nSPS) is 10.4. The van der Waals surface area contributed by atoms with Crippen LogP contribution < -0.4 is 5.32 Å². The molecule has 2 aromatic rings. The van der Waals surface area contributed by atoms with Crippen molar-refractivity contribution in [2.45, 2.75) is 0 Å². The van der Waals surface area contributed by atoms with Crippen molar-refractivity contribution in [3.63, 3.8) is 0 Å². The van der Waals surface area contributed by atoms with E-state index < -0.39 is 17.5 Å². The van der Waals surface area contributed by atoms with Crippen LogP contribution in [0.5, 0.6) is 0 Å². The van der Waals surface area contributed by atoms with Crippen LogP contribution in [0.2, 0.25) is 0 Å². The van der Waals surface area contributed by atoms with Gasteiger partial charge in [0.1, 0.15) is 11.6 Å². The number of halogens is 4. The fraction of sp³-hybridized carbons (Fsp3) is 0. The molecule has 0 radical (unpaired) electrons. The second-order valence-electron chi connectivity index (χ2n) is 3.34. The molecule has 1 N–H and O–H groups in total. The number of amides is 1. The fourth-order valence-electron chi connectivity index (χ4n) is 1.28. The zero-order chi connectivity index (χ0) is 13.3. The van der Waals surface area contributed by atoms with Crippen LogP contribution in [0.1, 0.15) is 9.67 Å². The molecular formula is C11H5Br2F2NOS. The number of rotatable bonds is 2. The van der Waals surface area contributed by atoms with E-state index in [1.807, 2.05) is 0 Å². The van der Waals surface area contributed by atoms with Gasteiger partial charge >= 0.3 is 0 Å². The van der Waals surface area contributed by atoms with Crippen LogP contribution in [-0.4, -0.2) is 5.91 Å². The molecule has 0 spiro atoms. The summed E-state index contributed by atoms with van der Waals surface area (Å²) in [5.74, 6) is -1.89. The molecular weight excluding hydrogens is 392 g/mol. The SMILES string of the molecule is O=C(Nc1cc(F)cc(F)c1)c1cc(Br)c(Br)s1. The predicted octanol–water partition coefficient (Wildman–Crippen LogP) is 4.80. The Hall–Kier alpha value is -0.790. The van der Waals surface area contributed by atoms with Crippen LogP contribution in [0.3, 0.4) is 0 Å². The molecule has 7 heteroatoms. The van der Waals surface area contributed by atoms with Gasteiger partial charge in [-0.05, 0) is 50.1 Å². The van der Waals surface area contributed by atoms with E-state index in [2.05, 4.69) is 37.2 Å². The van der Waals surface area contributed by atoms with Crippen molar-refractivity contribution in [3.05, 3.63) is 49.0 Å². The molecule has 1 heterocycles. The minimum atomic E-state index is -0.737. The summed E-state index contributed by atoms with van der Waals surface area (Å²) in [5.41, 5.74) is 0.0816. The molecule has 0 saturated heterocycles. The molecule has 0 fully saturated rings. The minimum absolute atomic E-state index is 0.0816. The first-order valence-corrected chi connectivity index (χ1v) is 7.08. The van der Waals surface area contributed by atoms with Gasteiger partial charge in [0.25, 0.3) is 5.91 Å². The topological polar surface area (TPSA) is 29.1 Å². The highest BCUT2D eigenvalue weighted by molar-refractivity contribution is 9.13. The number of anilines is 1. The Balaban J connectivity index is 2.21. The number of hydrogen-bond donors (Lipinski definition) is 1. The Morgan fingerprint density at radius 3 is 2.22 bits per heavy atom. The van der Waals surface area contributed by atoms with E-state index >= 15 is 0 Å². The molecule has 2 rings (SSSR count). The molecule has 2 nitrogen and oxygen atoms in total. The molecule has 0 aliphatic rings. The number of hydrogen-bond acceptors (Lipinski definition) is 2. The van der Waals surface area contributed by atoms with Crippen LogP contribution in [0, 0.1) is 11.6 Å². The largest absolute Gasteiger partial charge is 0.321 e. The smallest absolute Gasteiger partial charge is 0.265 e. The van der Waals surface area contributed by atoms with Gasteiger partial charge in [-0.2, -0.15) is 0 Å². The molecule has 0 aliphatic carbocycles. The van der Waals surface area contributed by atoms with E-state index in [-0.39, 0.29) is 5.69 Å². The van der Waals surface area contributed by atoms with Crippen molar-refractivity contribution >= 4 is 54.8 Å². The number of benzene rings is 1. The minimum Gasteiger partial charge on any atom is -0.321 e. The first kappa shape index (κ1) is 13.6. The molecule has 1 aromatic carbocycles. The van der Waals surface area contributed by atoms with E-state index in [1.54, 1.807) is 6.07 Å². The van der Waals surface area contributed by atoms with Crippen LogP contribution in [-0.2, 0) is 0 Å². The molecule has 18 heavy (non-hydrogen) atoms. The van der Waals surface area contributed by atoms with E-state index in [4.69, 9.17) is 0 Å². The highest BCUT2D eigenvalue weighted by Crippen LogP contribution is 2.32. The van der Waals surface area contributed by atoms with Gasteiger partial charge in [0.05, 0.1) is 8.66 Å².